The smallest absolute Gasteiger partial charge is 0.122 e. The summed E-state index contributed by atoms with van der Waals surface area (Å²) in [4.78, 5) is 0. The summed E-state index contributed by atoms with van der Waals surface area (Å²) in [6.07, 6.45) is 0.991. The Morgan fingerprint density at radius 2 is 2.00 bits per heavy atom. The monoisotopic (exact) mass is 218 g/mol. The number of hydrogen-bond donors (Lipinski definition) is 1. The summed E-state index contributed by atoms with van der Waals surface area (Å²) in [6.45, 7) is 2.94. The number of aryl methyl sites for hydroxylation is 1. The second kappa shape index (κ2) is 4.45. The quantitative estimate of drug-likeness (QED) is 0.785. The van der Waals surface area contributed by atoms with Gasteiger partial charge >= 0.3 is 0 Å². The van der Waals surface area contributed by atoms with Crippen molar-refractivity contribution in [2.75, 3.05) is 0 Å². The first kappa shape index (κ1) is 10.2. The summed E-state index contributed by atoms with van der Waals surface area (Å²) in [5, 5.41) is 3.29. The minimum atomic E-state index is 0.819. The highest BCUT2D eigenvalue weighted by molar-refractivity contribution is 7.71. The molecule has 0 saturated carbocycles. The van der Waals surface area contributed by atoms with Crippen LogP contribution in [0.3, 0.4) is 0 Å². The normalized spacial score (nSPS) is 10.5. The van der Waals surface area contributed by atoms with Crippen LogP contribution < -0.4 is 0 Å². The van der Waals surface area contributed by atoms with Gasteiger partial charge in [0.05, 0.1) is 6.54 Å². The summed E-state index contributed by atoms with van der Waals surface area (Å²) < 4.78 is 2.87. The summed E-state index contributed by atoms with van der Waals surface area (Å²) in [5.74, 6) is 0. The molecule has 78 valence electrons. The zero-order valence-electron chi connectivity index (χ0n) is 8.73. The Hall–Kier alpha value is -1.35. The Bertz CT molecular complexity index is 482. The van der Waals surface area contributed by atoms with Gasteiger partial charge in [-0.1, -0.05) is 49.5 Å². The van der Waals surface area contributed by atoms with E-state index in [1.807, 2.05) is 28.9 Å². The first-order chi connectivity index (χ1) is 7.29. The van der Waals surface area contributed by atoms with Crippen LogP contribution >= 0.6 is 12.2 Å². The third kappa shape index (κ3) is 2.36. The van der Waals surface area contributed by atoms with E-state index < -0.39 is 0 Å². The minimum absolute atomic E-state index is 0.819. The fourth-order valence-corrected chi connectivity index (χ4v) is 1.80. The predicted molar refractivity (Wildman–Crippen MR) is 64.5 cm³/mol. The van der Waals surface area contributed by atoms with Gasteiger partial charge in [-0.3, -0.25) is 4.68 Å². The number of aromatic nitrogens is 2. The number of rotatable bonds is 3. The highest BCUT2D eigenvalue weighted by Gasteiger charge is 1.98. The predicted octanol–water partition coefficient (Wildman–Crippen LogP) is 3.16. The fourth-order valence-electron chi connectivity index (χ4n) is 1.55. The maximum absolute atomic E-state index is 5.27. The van der Waals surface area contributed by atoms with Gasteiger partial charge in [0.2, 0.25) is 0 Å². The first-order valence-corrected chi connectivity index (χ1v) is 5.53. The Kier molecular flexibility index (Phi) is 3.02. The average molecular weight is 218 g/mol. The van der Waals surface area contributed by atoms with Crippen molar-refractivity contribution in [3.05, 3.63) is 52.3 Å². The van der Waals surface area contributed by atoms with Gasteiger partial charge in [0.1, 0.15) is 4.64 Å². The van der Waals surface area contributed by atoms with Crippen LogP contribution in [0.2, 0.25) is 0 Å². The highest BCUT2D eigenvalue weighted by Crippen LogP contribution is 2.05. The summed E-state index contributed by atoms with van der Waals surface area (Å²) in [7, 11) is 0. The molecule has 0 unspecified atom stereocenters. The molecule has 0 amide bonds. The molecule has 2 nitrogen and oxygen atoms in total. The second-order valence-corrected chi connectivity index (χ2v) is 3.96. The number of benzene rings is 1. The topological polar surface area (TPSA) is 20.7 Å². The molecule has 2 rings (SSSR count). The Morgan fingerprint density at radius 3 is 2.60 bits per heavy atom. The van der Waals surface area contributed by atoms with Crippen molar-refractivity contribution in [1.29, 1.82) is 0 Å². The summed E-state index contributed by atoms with van der Waals surface area (Å²) >= 11 is 5.27. The Labute approximate surface area is 94.5 Å². The molecule has 0 aliphatic carbocycles. The molecule has 0 saturated heterocycles. The van der Waals surface area contributed by atoms with Crippen LogP contribution in [0.15, 0.2) is 36.4 Å². The molecule has 0 aliphatic heterocycles. The van der Waals surface area contributed by atoms with E-state index in [2.05, 4.69) is 24.2 Å². The molecule has 15 heavy (non-hydrogen) atoms. The molecule has 0 aliphatic rings. The molecule has 1 aromatic heterocycles. The maximum atomic E-state index is 5.27. The van der Waals surface area contributed by atoms with Crippen molar-refractivity contribution >= 4 is 12.2 Å². The van der Waals surface area contributed by atoms with Crippen LogP contribution in [0.5, 0.6) is 0 Å². The molecule has 1 heterocycles. The van der Waals surface area contributed by atoms with Crippen LogP contribution in [0, 0.1) is 4.64 Å². The molecule has 0 spiro atoms. The van der Waals surface area contributed by atoms with Gasteiger partial charge in [-0.15, -0.1) is 0 Å². The van der Waals surface area contributed by atoms with E-state index in [1.54, 1.807) is 0 Å². The molecule has 0 bridgehead atoms. The van der Waals surface area contributed by atoms with Crippen molar-refractivity contribution in [1.82, 2.24) is 9.78 Å². The van der Waals surface area contributed by atoms with Gasteiger partial charge in [-0.25, -0.2) is 0 Å². The van der Waals surface area contributed by atoms with Crippen LogP contribution in [-0.2, 0) is 13.0 Å². The lowest BCUT2D eigenvalue weighted by Gasteiger charge is -2.02. The second-order valence-electron chi connectivity index (χ2n) is 3.54. The summed E-state index contributed by atoms with van der Waals surface area (Å²) in [5.41, 5.74) is 2.45. The lowest BCUT2D eigenvalue weighted by molar-refractivity contribution is 0.665. The van der Waals surface area contributed by atoms with Crippen molar-refractivity contribution in [3.63, 3.8) is 0 Å². The largest absolute Gasteiger partial charge is 0.301 e. The molecule has 2 aromatic rings. The Morgan fingerprint density at radius 1 is 1.27 bits per heavy atom. The number of aromatic amines is 1. The summed E-state index contributed by atoms with van der Waals surface area (Å²) in [6, 6.07) is 12.3. The molecule has 0 radical (unpaired) electrons. The van der Waals surface area contributed by atoms with Crippen LogP contribution in [0.25, 0.3) is 0 Å². The van der Waals surface area contributed by atoms with E-state index in [0.29, 0.717) is 0 Å². The van der Waals surface area contributed by atoms with Crippen molar-refractivity contribution in [2.45, 2.75) is 19.9 Å². The molecule has 0 fully saturated rings. The fraction of sp³-hybridized carbons (Fsp3) is 0.250. The number of nitrogens with zero attached hydrogens (tertiary/aromatic N) is 1. The first-order valence-electron chi connectivity index (χ1n) is 5.12. The lowest BCUT2D eigenvalue weighted by atomic mass is 10.2. The highest BCUT2D eigenvalue weighted by atomic mass is 32.1. The van der Waals surface area contributed by atoms with Crippen molar-refractivity contribution in [2.24, 2.45) is 0 Å². The molecular formula is C12H14N2S. The molecule has 3 heteroatoms. The van der Waals surface area contributed by atoms with Crippen molar-refractivity contribution < 1.29 is 0 Å². The van der Waals surface area contributed by atoms with E-state index in [0.717, 1.165) is 17.6 Å². The van der Waals surface area contributed by atoms with Crippen molar-refractivity contribution in [3.8, 4) is 0 Å². The maximum Gasteiger partial charge on any atom is 0.122 e. The third-order valence-corrected chi connectivity index (χ3v) is 2.74. The van der Waals surface area contributed by atoms with E-state index in [9.17, 15) is 0 Å². The number of H-pyrrole nitrogens is 1. The lowest BCUT2D eigenvalue weighted by Crippen LogP contribution is -2.01. The Balaban J connectivity index is 2.25. The zero-order chi connectivity index (χ0) is 10.7. The minimum Gasteiger partial charge on any atom is -0.301 e. The van der Waals surface area contributed by atoms with E-state index in [4.69, 9.17) is 12.2 Å². The standard InChI is InChI=1S/C12H14N2S/c1-2-11-8-12(15)14(13-11)9-10-6-4-3-5-7-10/h3-8,13H,2,9H2,1H3. The van der Waals surface area contributed by atoms with E-state index >= 15 is 0 Å². The SMILES string of the molecule is CCc1cc(=S)n(Cc2ccccc2)[nH]1. The average Bonchev–Trinajstić information content (AvgIpc) is 2.61. The van der Waals surface area contributed by atoms with Crippen LogP contribution in [0.4, 0.5) is 0 Å². The number of hydrogen-bond acceptors (Lipinski definition) is 1. The van der Waals surface area contributed by atoms with Gasteiger partial charge in [-0.2, -0.15) is 0 Å². The third-order valence-electron chi connectivity index (χ3n) is 2.41. The molecule has 1 aromatic carbocycles. The van der Waals surface area contributed by atoms with Gasteiger partial charge in [-0.05, 0) is 18.1 Å². The van der Waals surface area contributed by atoms with E-state index in [1.165, 1.54) is 11.3 Å². The van der Waals surface area contributed by atoms with Gasteiger partial charge in [0, 0.05) is 5.69 Å². The van der Waals surface area contributed by atoms with Gasteiger partial charge in [0.15, 0.2) is 0 Å². The number of nitrogens with one attached hydrogen (secondary N) is 1. The molecule has 1 N–H and O–H groups in total. The van der Waals surface area contributed by atoms with Gasteiger partial charge < -0.3 is 5.10 Å². The van der Waals surface area contributed by atoms with Crippen LogP contribution in [0.1, 0.15) is 18.2 Å². The molecular weight excluding hydrogens is 204 g/mol. The zero-order valence-corrected chi connectivity index (χ0v) is 9.55. The molecule has 0 atom stereocenters. The van der Waals surface area contributed by atoms with Gasteiger partial charge in [0.25, 0.3) is 0 Å². The van der Waals surface area contributed by atoms with Crippen LogP contribution in [-0.4, -0.2) is 9.78 Å². The van der Waals surface area contributed by atoms with E-state index in [-0.39, 0.29) is 0 Å².